The predicted molar refractivity (Wildman–Crippen MR) is 171 cm³/mol. The third-order valence-corrected chi connectivity index (χ3v) is 6.17. The van der Waals surface area contributed by atoms with Crippen molar-refractivity contribution in [3.05, 3.63) is 101 Å². The molecular weight excluding hydrogens is 592 g/mol. The molecule has 0 saturated heterocycles. The van der Waals surface area contributed by atoms with E-state index in [4.69, 9.17) is 14.2 Å². The lowest BCUT2D eigenvalue weighted by Gasteiger charge is -2.12. The van der Waals surface area contributed by atoms with Crippen LogP contribution in [0.15, 0.2) is 115 Å². The molecule has 0 bridgehead atoms. The first-order valence-corrected chi connectivity index (χ1v) is 15.3. The van der Waals surface area contributed by atoms with E-state index in [1.165, 1.54) is 0 Å². The minimum atomic E-state index is -0.719. The summed E-state index contributed by atoms with van der Waals surface area (Å²) in [6.07, 6.45) is -0.536. The van der Waals surface area contributed by atoms with Gasteiger partial charge in [-0.3, -0.25) is 14.4 Å². The van der Waals surface area contributed by atoms with E-state index in [-0.39, 0.29) is 56.4 Å². The Balaban J connectivity index is 1.99. The highest BCUT2D eigenvalue weighted by Crippen LogP contribution is 2.24. The molecule has 0 aliphatic rings. The third kappa shape index (κ3) is 10.5. The van der Waals surface area contributed by atoms with Gasteiger partial charge in [-0.15, -0.1) is 25.6 Å². The maximum atomic E-state index is 13.0. The molecule has 3 aromatic carbocycles. The van der Waals surface area contributed by atoms with Gasteiger partial charge in [0, 0.05) is 0 Å². The molecule has 0 radical (unpaired) electrons. The zero-order valence-corrected chi connectivity index (χ0v) is 28.3. The largest absolute Gasteiger partial charge is 0.490 e. The highest BCUT2D eigenvalue weighted by Gasteiger charge is 2.16. The maximum absolute atomic E-state index is 13.0. The number of azo groups is 3. The lowest BCUT2D eigenvalue weighted by molar-refractivity contribution is 0.0978. The van der Waals surface area contributed by atoms with E-state index in [1.807, 2.05) is 41.5 Å². The summed E-state index contributed by atoms with van der Waals surface area (Å²) in [4.78, 5) is 39.0. The van der Waals surface area contributed by atoms with Gasteiger partial charge in [0.05, 0.1) is 50.6 Å². The van der Waals surface area contributed by atoms with Gasteiger partial charge in [0.1, 0.15) is 17.2 Å². The summed E-state index contributed by atoms with van der Waals surface area (Å²) >= 11 is 0. The van der Waals surface area contributed by atoms with Crippen LogP contribution in [0.4, 0.5) is 0 Å². The van der Waals surface area contributed by atoms with Crippen molar-refractivity contribution in [2.45, 2.75) is 59.9 Å². The maximum Gasteiger partial charge on any atom is 0.299 e. The van der Waals surface area contributed by atoms with Crippen molar-refractivity contribution in [1.82, 2.24) is 0 Å². The van der Waals surface area contributed by atoms with Crippen LogP contribution in [0, 0.1) is 0 Å². The van der Waals surface area contributed by atoms with E-state index >= 15 is 0 Å². The van der Waals surface area contributed by atoms with Gasteiger partial charge in [-0.1, -0.05) is 36.4 Å². The molecule has 0 heterocycles. The molecule has 234 valence electrons. The molecule has 0 aliphatic carbocycles. The summed E-state index contributed by atoms with van der Waals surface area (Å²) in [6, 6.07) is 19.8. The predicted octanol–water partition coefficient (Wildman–Crippen LogP) is 6.72. The zero-order chi connectivity index (χ0) is 32.9. The van der Waals surface area contributed by atoms with E-state index in [2.05, 4.69) is 30.7 Å². The first-order valence-electron chi connectivity index (χ1n) is 14.3. The van der Waals surface area contributed by atoms with Gasteiger partial charge in [-0.2, -0.15) is 5.11 Å². The second kappa shape index (κ2) is 16.6. The molecule has 0 spiro atoms. The minimum Gasteiger partial charge on any atom is -0.490 e. The monoisotopic (exact) mass is 628 g/mol. The molecule has 0 atom stereocenters. The van der Waals surface area contributed by atoms with Crippen LogP contribution in [-0.4, -0.2) is 46.3 Å². The standard InChI is InChI=1S/C32H36N6O6Si/c1-19(2)42-25-16-10-7-13-22(25)29(39)35-33-28(34-36-30(40)23-14-8-11-17-26(23)43-20(3)4)32(45)38-37-31(41)24-15-9-12-18-27(24)44-21(5)6/h7-21H,1-6,45H3. The Morgan fingerprint density at radius 2 is 0.778 bits per heavy atom. The van der Waals surface area contributed by atoms with Crippen LogP contribution in [0.2, 0.25) is 0 Å². The number of hydrogen-bond acceptors (Lipinski definition) is 9. The molecule has 45 heavy (non-hydrogen) atoms. The molecule has 3 rings (SSSR count). The molecule has 0 aromatic heterocycles. The number of carbonyl (C=O) groups excluding carboxylic acids is 3. The lowest BCUT2D eigenvalue weighted by Crippen LogP contribution is -2.09. The summed E-state index contributed by atoms with van der Waals surface area (Å²) < 4.78 is 17.2. The zero-order valence-electron chi connectivity index (χ0n) is 26.3. The number of rotatable bonds is 12. The molecule has 0 unspecified atom stereocenters. The Labute approximate surface area is 264 Å². The number of hydrogen-bond donors (Lipinski definition) is 0. The van der Waals surface area contributed by atoms with Gasteiger partial charge in [0.15, 0.2) is 0 Å². The van der Waals surface area contributed by atoms with Crippen LogP contribution in [-0.2, 0) is 0 Å². The van der Waals surface area contributed by atoms with Gasteiger partial charge in [-0.05, 0) is 77.9 Å². The van der Waals surface area contributed by atoms with Crippen LogP contribution in [0.25, 0.3) is 0 Å². The topological polar surface area (TPSA) is 153 Å². The van der Waals surface area contributed by atoms with Crippen LogP contribution < -0.4 is 14.2 Å². The number of ether oxygens (including phenoxy) is 3. The Bertz CT molecular complexity index is 1570. The SMILES string of the molecule is CC(C)Oc1ccccc1C(=O)N=NC([SiH3])=C(N=NC(=O)c1ccccc1OC(C)C)N=NC(=O)c1ccccc1OC(C)C. The lowest BCUT2D eigenvalue weighted by atomic mass is 10.2. The van der Waals surface area contributed by atoms with E-state index in [0.717, 1.165) is 0 Å². The van der Waals surface area contributed by atoms with Crippen molar-refractivity contribution in [3.63, 3.8) is 0 Å². The Hall–Kier alpha value is -5.17. The smallest absolute Gasteiger partial charge is 0.299 e. The molecule has 0 N–H and O–H groups in total. The van der Waals surface area contributed by atoms with E-state index < -0.39 is 17.7 Å². The Morgan fingerprint density at radius 1 is 0.489 bits per heavy atom. The van der Waals surface area contributed by atoms with Crippen molar-refractivity contribution in [2.24, 2.45) is 30.7 Å². The first kappa shape index (κ1) is 34.3. The summed E-state index contributed by atoms with van der Waals surface area (Å²) in [5, 5.41) is 23.5. The second-order valence-electron chi connectivity index (χ2n) is 10.4. The van der Waals surface area contributed by atoms with Gasteiger partial charge in [0.25, 0.3) is 17.7 Å². The summed E-state index contributed by atoms with van der Waals surface area (Å²) in [7, 11) is 0.146. The van der Waals surface area contributed by atoms with Crippen LogP contribution in [0.1, 0.15) is 72.6 Å². The quantitative estimate of drug-likeness (QED) is 0.160. The highest BCUT2D eigenvalue weighted by atomic mass is 28.1. The normalized spacial score (nSPS) is 11.7. The minimum absolute atomic E-state index is 0.0946. The van der Waals surface area contributed by atoms with Crippen LogP contribution >= 0.6 is 0 Å². The third-order valence-electron chi connectivity index (χ3n) is 5.53. The van der Waals surface area contributed by atoms with Crippen molar-refractivity contribution >= 4 is 28.0 Å². The summed E-state index contributed by atoms with van der Waals surface area (Å²) in [5.74, 6) is -1.35. The van der Waals surface area contributed by atoms with Crippen molar-refractivity contribution in [3.8, 4) is 17.2 Å². The highest BCUT2D eigenvalue weighted by molar-refractivity contribution is 6.21. The number of carbonyl (C=O) groups is 3. The van der Waals surface area contributed by atoms with E-state index in [0.29, 0.717) is 17.2 Å². The average Bonchev–Trinajstić information content (AvgIpc) is 2.99. The molecule has 3 aromatic rings. The molecule has 0 saturated carbocycles. The molecule has 3 amide bonds. The fourth-order valence-corrected chi connectivity index (χ4v) is 3.98. The molecule has 0 aliphatic heterocycles. The number of para-hydroxylation sites is 3. The van der Waals surface area contributed by atoms with Gasteiger partial charge in [0.2, 0.25) is 5.82 Å². The van der Waals surface area contributed by atoms with Crippen molar-refractivity contribution < 1.29 is 28.6 Å². The van der Waals surface area contributed by atoms with Crippen molar-refractivity contribution in [2.75, 3.05) is 0 Å². The Morgan fingerprint density at radius 3 is 1.09 bits per heavy atom. The average molecular weight is 629 g/mol. The van der Waals surface area contributed by atoms with Gasteiger partial charge >= 0.3 is 0 Å². The number of nitrogens with zero attached hydrogens (tertiary/aromatic N) is 6. The molecule has 0 fully saturated rings. The second-order valence-corrected chi connectivity index (χ2v) is 11.4. The molecule has 12 nitrogen and oxygen atoms in total. The fraction of sp³-hybridized carbons (Fsp3) is 0.281. The molecule has 13 heteroatoms. The van der Waals surface area contributed by atoms with Gasteiger partial charge in [-0.25, -0.2) is 0 Å². The summed E-state index contributed by atoms with van der Waals surface area (Å²) in [6.45, 7) is 11.0. The van der Waals surface area contributed by atoms with Crippen LogP contribution in [0.3, 0.4) is 0 Å². The Kier molecular flexibility index (Phi) is 12.7. The molecular formula is C32H36N6O6Si. The van der Waals surface area contributed by atoms with E-state index in [9.17, 15) is 14.4 Å². The number of amides is 3. The van der Waals surface area contributed by atoms with Crippen LogP contribution in [0.5, 0.6) is 17.2 Å². The van der Waals surface area contributed by atoms with E-state index in [1.54, 1.807) is 72.8 Å². The van der Waals surface area contributed by atoms with Gasteiger partial charge < -0.3 is 14.2 Å². The van der Waals surface area contributed by atoms with Crippen molar-refractivity contribution in [1.29, 1.82) is 0 Å². The summed E-state index contributed by atoms with van der Waals surface area (Å²) in [5.41, 5.74) is 0.564. The number of benzene rings is 3. The first-order chi connectivity index (χ1) is 21.5. The fourth-order valence-electron chi connectivity index (χ4n) is 3.68.